The maximum Gasteiger partial charge on any atom is 0.119 e. The van der Waals surface area contributed by atoms with Gasteiger partial charge >= 0.3 is 0 Å². The molecule has 0 aliphatic heterocycles. The van der Waals surface area contributed by atoms with Gasteiger partial charge in [0.15, 0.2) is 0 Å². The second-order valence-electron chi connectivity index (χ2n) is 5.41. The molecule has 0 amide bonds. The Bertz CT molecular complexity index is 754. The van der Waals surface area contributed by atoms with Crippen molar-refractivity contribution < 1.29 is 4.74 Å². The predicted molar refractivity (Wildman–Crippen MR) is 104 cm³/mol. The summed E-state index contributed by atoms with van der Waals surface area (Å²) in [5, 5.41) is 0. The van der Waals surface area contributed by atoms with Crippen LogP contribution in [-0.2, 0) is 0 Å². The van der Waals surface area contributed by atoms with Crippen molar-refractivity contribution in [3.8, 4) is 29.4 Å². The lowest BCUT2D eigenvalue weighted by Crippen LogP contribution is -1.96. The standard InChI is InChI=1S/C22H21BrO/c1-2-3-4-9-18-24-21-16-14-19(15-17-21)10-5-6-11-20-12-7-8-13-22(20)23/h7-8,12-17H,2-4,9,18H2,1H3. The van der Waals surface area contributed by atoms with Crippen LogP contribution in [0.5, 0.6) is 5.75 Å². The smallest absolute Gasteiger partial charge is 0.119 e. The highest BCUT2D eigenvalue weighted by molar-refractivity contribution is 9.10. The van der Waals surface area contributed by atoms with Crippen molar-refractivity contribution in [3.05, 3.63) is 64.1 Å². The summed E-state index contributed by atoms with van der Waals surface area (Å²) in [7, 11) is 0. The van der Waals surface area contributed by atoms with Gasteiger partial charge in [0, 0.05) is 15.6 Å². The van der Waals surface area contributed by atoms with E-state index in [1.807, 2.05) is 48.5 Å². The molecule has 0 saturated carbocycles. The highest BCUT2D eigenvalue weighted by atomic mass is 79.9. The van der Waals surface area contributed by atoms with Crippen LogP contribution >= 0.6 is 15.9 Å². The van der Waals surface area contributed by atoms with E-state index in [2.05, 4.69) is 46.5 Å². The highest BCUT2D eigenvalue weighted by Crippen LogP contribution is 2.14. The minimum Gasteiger partial charge on any atom is -0.494 e. The number of benzene rings is 2. The van der Waals surface area contributed by atoms with Crippen molar-refractivity contribution in [2.45, 2.75) is 32.6 Å². The summed E-state index contributed by atoms with van der Waals surface area (Å²) in [5.41, 5.74) is 1.88. The first-order valence-electron chi connectivity index (χ1n) is 8.29. The highest BCUT2D eigenvalue weighted by Gasteiger charge is 1.94. The van der Waals surface area contributed by atoms with E-state index in [4.69, 9.17) is 4.74 Å². The molecule has 0 aliphatic rings. The molecule has 2 aromatic rings. The lowest BCUT2D eigenvalue weighted by atomic mass is 10.2. The summed E-state index contributed by atoms with van der Waals surface area (Å²) < 4.78 is 6.71. The monoisotopic (exact) mass is 380 g/mol. The first kappa shape index (κ1) is 18.2. The van der Waals surface area contributed by atoms with Crippen molar-refractivity contribution in [3.63, 3.8) is 0 Å². The molecule has 1 nitrogen and oxygen atoms in total. The SMILES string of the molecule is CCCCCCOc1ccc(C#CC#Cc2ccccc2Br)cc1. The maximum atomic E-state index is 5.72. The van der Waals surface area contributed by atoms with Gasteiger partial charge in [0.1, 0.15) is 5.75 Å². The van der Waals surface area contributed by atoms with E-state index in [-0.39, 0.29) is 0 Å². The zero-order valence-corrected chi connectivity index (χ0v) is 15.5. The Kier molecular flexibility index (Phi) is 8.02. The van der Waals surface area contributed by atoms with Gasteiger partial charge in [0.05, 0.1) is 6.61 Å². The van der Waals surface area contributed by atoms with Crippen LogP contribution in [0.3, 0.4) is 0 Å². The molecule has 0 bridgehead atoms. The number of rotatable bonds is 6. The predicted octanol–water partition coefficient (Wildman–Crippen LogP) is 5.81. The largest absolute Gasteiger partial charge is 0.494 e. The summed E-state index contributed by atoms with van der Waals surface area (Å²) >= 11 is 3.47. The minimum atomic E-state index is 0.780. The van der Waals surface area contributed by atoms with Gasteiger partial charge in [0.25, 0.3) is 0 Å². The van der Waals surface area contributed by atoms with Gasteiger partial charge in [-0.15, -0.1) is 0 Å². The molecule has 0 spiro atoms. The van der Waals surface area contributed by atoms with Gasteiger partial charge < -0.3 is 4.74 Å². The van der Waals surface area contributed by atoms with Crippen LogP contribution in [0.15, 0.2) is 53.0 Å². The number of hydrogen-bond acceptors (Lipinski definition) is 1. The summed E-state index contributed by atoms with van der Waals surface area (Å²) in [6, 6.07) is 15.7. The molecule has 122 valence electrons. The van der Waals surface area contributed by atoms with Gasteiger partial charge in [-0.3, -0.25) is 0 Å². The van der Waals surface area contributed by atoms with Gasteiger partial charge in [0.2, 0.25) is 0 Å². The quantitative estimate of drug-likeness (QED) is 0.453. The molecule has 0 unspecified atom stereocenters. The van der Waals surface area contributed by atoms with Crippen LogP contribution in [0.1, 0.15) is 43.7 Å². The Morgan fingerprint density at radius 3 is 2.38 bits per heavy atom. The fraction of sp³-hybridized carbons (Fsp3) is 0.273. The number of halogens is 1. The first-order chi connectivity index (χ1) is 11.8. The molecule has 0 aliphatic carbocycles. The Labute approximate surface area is 153 Å². The zero-order chi connectivity index (χ0) is 17.0. The lowest BCUT2D eigenvalue weighted by molar-refractivity contribution is 0.305. The van der Waals surface area contributed by atoms with Gasteiger partial charge in [-0.1, -0.05) is 50.2 Å². The molecule has 0 aromatic heterocycles. The van der Waals surface area contributed by atoms with E-state index in [9.17, 15) is 0 Å². The van der Waals surface area contributed by atoms with Crippen LogP contribution in [0.2, 0.25) is 0 Å². The van der Waals surface area contributed by atoms with Crippen LogP contribution in [-0.4, -0.2) is 6.61 Å². The van der Waals surface area contributed by atoms with Crippen LogP contribution in [0.25, 0.3) is 0 Å². The van der Waals surface area contributed by atoms with Gasteiger partial charge in [-0.05, 0) is 70.6 Å². The Morgan fingerprint density at radius 2 is 1.62 bits per heavy atom. The van der Waals surface area contributed by atoms with Crippen molar-refractivity contribution in [2.75, 3.05) is 6.61 Å². The molecule has 0 fully saturated rings. The van der Waals surface area contributed by atoms with E-state index in [1.54, 1.807) is 0 Å². The molecule has 0 atom stereocenters. The van der Waals surface area contributed by atoms with Crippen molar-refractivity contribution >= 4 is 15.9 Å². The van der Waals surface area contributed by atoms with E-state index in [0.29, 0.717) is 0 Å². The second kappa shape index (κ2) is 10.6. The average molecular weight is 381 g/mol. The van der Waals surface area contributed by atoms with Gasteiger partial charge in [-0.25, -0.2) is 0 Å². The minimum absolute atomic E-state index is 0.780. The molecule has 2 heteroatoms. The molecule has 0 N–H and O–H groups in total. The van der Waals surface area contributed by atoms with E-state index in [1.165, 1.54) is 19.3 Å². The Morgan fingerprint density at radius 1 is 0.875 bits per heavy atom. The summed E-state index contributed by atoms with van der Waals surface area (Å²) in [6.07, 6.45) is 4.87. The van der Waals surface area contributed by atoms with Crippen LogP contribution in [0.4, 0.5) is 0 Å². The van der Waals surface area contributed by atoms with Crippen molar-refractivity contribution in [2.24, 2.45) is 0 Å². The number of ether oxygens (including phenoxy) is 1. The first-order valence-corrected chi connectivity index (χ1v) is 9.08. The summed E-state index contributed by atoms with van der Waals surface area (Å²) in [6.45, 7) is 2.99. The summed E-state index contributed by atoms with van der Waals surface area (Å²) in [4.78, 5) is 0. The molecular weight excluding hydrogens is 360 g/mol. The van der Waals surface area contributed by atoms with Crippen LogP contribution in [0, 0.1) is 23.7 Å². The summed E-state index contributed by atoms with van der Waals surface area (Å²) in [5.74, 6) is 12.8. The molecule has 2 rings (SSSR count). The molecule has 24 heavy (non-hydrogen) atoms. The van der Waals surface area contributed by atoms with Crippen molar-refractivity contribution in [1.29, 1.82) is 0 Å². The average Bonchev–Trinajstić information content (AvgIpc) is 2.61. The molecule has 0 saturated heterocycles. The topological polar surface area (TPSA) is 9.23 Å². The van der Waals surface area contributed by atoms with E-state index < -0.39 is 0 Å². The van der Waals surface area contributed by atoms with E-state index >= 15 is 0 Å². The second-order valence-corrected chi connectivity index (χ2v) is 6.27. The molecule has 2 aromatic carbocycles. The number of unbranched alkanes of at least 4 members (excludes halogenated alkanes) is 3. The maximum absolute atomic E-state index is 5.72. The Hall–Kier alpha value is -2.16. The zero-order valence-electron chi connectivity index (χ0n) is 13.9. The molecular formula is C22H21BrO. The fourth-order valence-corrected chi connectivity index (χ4v) is 2.50. The van der Waals surface area contributed by atoms with Crippen LogP contribution < -0.4 is 4.74 Å². The molecule has 0 radical (unpaired) electrons. The number of hydrogen-bond donors (Lipinski definition) is 0. The third-order valence-electron chi connectivity index (χ3n) is 3.46. The molecule has 0 heterocycles. The third-order valence-corrected chi connectivity index (χ3v) is 4.15. The normalized spacial score (nSPS) is 9.42. The van der Waals surface area contributed by atoms with E-state index in [0.717, 1.165) is 34.4 Å². The Balaban J connectivity index is 1.86. The fourth-order valence-electron chi connectivity index (χ4n) is 2.12. The third kappa shape index (κ3) is 6.53. The van der Waals surface area contributed by atoms with Crippen molar-refractivity contribution in [1.82, 2.24) is 0 Å². The lowest BCUT2D eigenvalue weighted by Gasteiger charge is -2.05. The van der Waals surface area contributed by atoms with Gasteiger partial charge in [-0.2, -0.15) is 0 Å².